The standard InChI is InChI=1S/C18H28N2O/c1-4-16-10-12-20(13-11-16)18(21)14-19(3)15(2)17-8-6-5-7-9-17/h5-9,15-16H,4,10-14H2,1-3H3/t15-/m0/s1. The van der Waals surface area contributed by atoms with Crippen LogP contribution in [-0.2, 0) is 4.79 Å². The number of hydrogen-bond donors (Lipinski definition) is 0. The molecule has 1 aliphatic heterocycles. The lowest BCUT2D eigenvalue weighted by Gasteiger charge is -2.33. The van der Waals surface area contributed by atoms with Crippen LogP contribution in [0.3, 0.4) is 0 Å². The summed E-state index contributed by atoms with van der Waals surface area (Å²) in [5, 5.41) is 0. The van der Waals surface area contributed by atoms with Gasteiger partial charge in [0.25, 0.3) is 0 Å². The van der Waals surface area contributed by atoms with Crippen LogP contribution in [0.5, 0.6) is 0 Å². The minimum Gasteiger partial charge on any atom is -0.342 e. The third kappa shape index (κ3) is 4.31. The average molecular weight is 288 g/mol. The first kappa shape index (κ1) is 16.0. The Kier molecular flexibility index (Phi) is 5.80. The number of carbonyl (C=O) groups excluding carboxylic acids is 1. The minimum atomic E-state index is 0.267. The van der Waals surface area contributed by atoms with Crippen LogP contribution in [-0.4, -0.2) is 42.4 Å². The van der Waals surface area contributed by atoms with E-state index in [1.54, 1.807) is 0 Å². The minimum absolute atomic E-state index is 0.267. The van der Waals surface area contributed by atoms with E-state index in [1.807, 2.05) is 18.0 Å². The highest BCUT2D eigenvalue weighted by Crippen LogP contribution is 2.21. The molecule has 3 heteroatoms. The molecule has 0 N–H and O–H groups in total. The van der Waals surface area contributed by atoms with Gasteiger partial charge in [-0.05, 0) is 38.3 Å². The molecule has 1 aromatic carbocycles. The van der Waals surface area contributed by atoms with Gasteiger partial charge in [-0.3, -0.25) is 9.69 Å². The summed E-state index contributed by atoms with van der Waals surface area (Å²) in [7, 11) is 2.04. The van der Waals surface area contributed by atoms with E-state index >= 15 is 0 Å². The first-order chi connectivity index (χ1) is 10.1. The smallest absolute Gasteiger partial charge is 0.236 e. The largest absolute Gasteiger partial charge is 0.342 e. The van der Waals surface area contributed by atoms with Gasteiger partial charge in [-0.2, -0.15) is 0 Å². The Morgan fingerprint density at radius 3 is 2.48 bits per heavy atom. The van der Waals surface area contributed by atoms with Crippen molar-refractivity contribution in [2.45, 2.75) is 39.2 Å². The molecule has 21 heavy (non-hydrogen) atoms. The number of amides is 1. The van der Waals surface area contributed by atoms with Crippen LogP contribution in [0.4, 0.5) is 0 Å². The zero-order valence-electron chi connectivity index (χ0n) is 13.6. The number of nitrogens with zero attached hydrogens (tertiary/aromatic N) is 2. The zero-order chi connectivity index (χ0) is 15.2. The van der Waals surface area contributed by atoms with Gasteiger partial charge in [-0.1, -0.05) is 43.7 Å². The van der Waals surface area contributed by atoms with Crippen molar-refractivity contribution in [3.05, 3.63) is 35.9 Å². The Morgan fingerprint density at radius 1 is 1.29 bits per heavy atom. The van der Waals surface area contributed by atoms with Crippen molar-refractivity contribution in [1.82, 2.24) is 9.80 Å². The van der Waals surface area contributed by atoms with Gasteiger partial charge in [-0.25, -0.2) is 0 Å². The predicted octanol–water partition coefficient (Wildman–Crippen LogP) is 3.33. The SMILES string of the molecule is CCC1CCN(C(=O)CN(C)[C@@H](C)c2ccccc2)CC1. The highest BCUT2D eigenvalue weighted by Gasteiger charge is 2.23. The third-order valence-electron chi connectivity index (χ3n) is 4.87. The van der Waals surface area contributed by atoms with E-state index in [-0.39, 0.29) is 11.9 Å². The normalized spacial score (nSPS) is 18.0. The maximum Gasteiger partial charge on any atom is 0.236 e. The van der Waals surface area contributed by atoms with Crippen molar-refractivity contribution in [1.29, 1.82) is 0 Å². The molecule has 1 aliphatic rings. The van der Waals surface area contributed by atoms with E-state index in [9.17, 15) is 4.79 Å². The van der Waals surface area contributed by atoms with Gasteiger partial charge in [0.05, 0.1) is 6.54 Å². The first-order valence-corrected chi connectivity index (χ1v) is 8.14. The second-order valence-corrected chi connectivity index (χ2v) is 6.23. The van der Waals surface area contributed by atoms with Gasteiger partial charge in [0.1, 0.15) is 0 Å². The number of rotatable bonds is 5. The summed E-state index contributed by atoms with van der Waals surface area (Å²) in [5.41, 5.74) is 1.26. The summed E-state index contributed by atoms with van der Waals surface area (Å²) < 4.78 is 0. The van der Waals surface area contributed by atoms with E-state index < -0.39 is 0 Å². The van der Waals surface area contributed by atoms with E-state index in [1.165, 1.54) is 24.8 Å². The molecule has 1 saturated heterocycles. The molecule has 0 radical (unpaired) electrons. The van der Waals surface area contributed by atoms with Crippen LogP contribution in [0.1, 0.15) is 44.7 Å². The summed E-state index contributed by atoms with van der Waals surface area (Å²) in [6.45, 7) is 6.78. The average Bonchev–Trinajstić information content (AvgIpc) is 2.55. The molecule has 2 rings (SSSR count). The number of likely N-dealkylation sites (N-methyl/N-ethyl adjacent to an activating group) is 1. The van der Waals surface area contributed by atoms with Crippen LogP contribution in [0.25, 0.3) is 0 Å². The Labute approximate surface area is 128 Å². The molecule has 0 bridgehead atoms. The van der Waals surface area contributed by atoms with E-state index in [2.05, 4.69) is 43.0 Å². The molecular weight excluding hydrogens is 260 g/mol. The molecule has 1 aromatic rings. The molecule has 0 saturated carbocycles. The van der Waals surface area contributed by atoms with Gasteiger partial charge in [-0.15, -0.1) is 0 Å². The quantitative estimate of drug-likeness (QED) is 0.830. The van der Waals surface area contributed by atoms with Crippen molar-refractivity contribution in [3.8, 4) is 0 Å². The van der Waals surface area contributed by atoms with Crippen molar-refractivity contribution >= 4 is 5.91 Å². The maximum atomic E-state index is 12.4. The van der Waals surface area contributed by atoms with Gasteiger partial charge >= 0.3 is 0 Å². The molecule has 1 atom stereocenters. The first-order valence-electron chi connectivity index (χ1n) is 8.14. The molecule has 0 aromatic heterocycles. The summed E-state index contributed by atoms with van der Waals surface area (Å²) in [5.74, 6) is 1.09. The van der Waals surface area contributed by atoms with Gasteiger partial charge in [0.15, 0.2) is 0 Å². The summed E-state index contributed by atoms with van der Waals surface area (Å²) in [6, 6.07) is 10.6. The molecule has 1 amide bonds. The van der Waals surface area contributed by atoms with Crippen molar-refractivity contribution in [3.63, 3.8) is 0 Å². The van der Waals surface area contributed by atoms with Gasteiger partial charge in [0, 0.05) is 19.1 Å². The highest BCUT2D eigenvalue weighted by atomic mass is 16.2. The summed E-state index contributed by atoms with van der Waals surface area (Å²) in [6.07, 6.45) is 3.58. The Morgan fingerprint density at radius 2 is 1.90 bits per heavy atom. The number of piperidine rings is 1. The fourth-order valence-electron chi connectivity index (χ4n) is 3.03. The maximum absolute atomic E-state index is 12.4. The second-order valence-electron chi connectivity index (χ2n) is 6.23. The topological polar surface area (TPSA) is 23.6 Å². The molecule has 1 fully saturated rings. The van der Waals surface area contributed by atoms with Crippen LogP contribution in [0.15, 0.2) is 30.3 Å². The summed E-state index contributed by atoms with van der Waals surface area (Å²) >= 11 is 0. The van der Waals surface area contributed by atoms with Crippen LogP contribution in [0.2, 0.25) is 0 Å². The molecule has 0 unspecified atom stereocenters. The zero-order valence-corrected chi connectivity index (χ0v) is 13.6. The number of benzene rings is 1. The molecule has 0 aliphatic carbocycles. The van der Waals surface area contributed by atoms with Gasteiger partial charge < -0.3 is 4.90 Å². The van der Waals surface area contributed by atoms with Crippen molar-refractivity contribution in [2.75, 3.05) is 26.7 Å². The molecule has 0 spiro atoms. The number of hydrogen-bond acceptors (Lipinski definition) is 2. The van der Waals surface area contributed by atoms with E-state index in [0.29, 0.717) is 6.54 Å². The monoisotopic (exact) mass is 288 g/mol. The fourth-order valence-corrected chi connectivity index (χ4v) is 3.03. The third-order valence-corrected chi connectivity index (χ3v) is 4.87. The lowest BCUT2D eigenvalue weighted by molar-refractivity contribution is -0.134. The van der Waals surface area contributed by atoms with Crippen LogP contribution < -0.4 is 0 Å². The lowest BCUT2D eigenvalue weighted by Crippen LogP contribution is -2.43. The Balaban J connectivity index is 1.85. The Bertz CT molecular complexity index is 438. The number of carbonyl (C=O) groups is 1. The van der Waals surface area contributed by atoms with Crippen molar-refractivity contribution < 1.29 is 4.79 Å². The van der Waals surface area contributed by atoms with Crippen LogP contribution >= 0.6 is 0 Å². The predicted molar refractivity (Wildman–Crippen MR) is 87.1 cm³/mol. The molecule has 116 valence electrons. The van der Waals surface area contributed by atoms with Gasteiger partial charge in [0.2, 0.25) is 5.91 Å². The summed E-state index contributed by atoms with van der Waals surface area (Å²) in [4.78, 5) is 16.6. The van der Waals surface area contributed by atoms with E-state index in [4.69, 9.17) is 0 Å². The lowest BCUT2D eigenvalue weighted by atomic mass is 9.94. The van der Waals surface area contributed by atoms with Crippen LogP contribution in [0, 0.1) is 5.92 Å². The molecule has 1 heterocycles. The second kappa shape index (κ2) is 7.60. The van der Waals surface area contributed by atoms with E-state index in [0.717, 1.165) is 19.0 Å². The Hall–Kier alpha value is -1.35. The molecule has 3 nitrogen and oxygen atoms in total. The number of likely N-dealkylation sites (tertiary alicyclic amines) is 1. The highest BCUT2D eigenvalue weighted by molar-refractivity contribution is 5.78. The fraction of sp³-hybridized carbons (Fsp3) is 0.611. The van der Waals surface area contributed by atoms with Crippen molar-refractivity contribution in [2.24, 2.45) is 5.92 Å². The molecular formula is C18H28N2O.